The van der Waals surface area contributed by atoms with Crippen LogP contribution in [0.1, 0.15) is 103 Å². The molecule has 1 rings (SSSR count). The average molecular weight is 442 g/mol. The number of rotatable bonds is 16. The lowest BCUT2D eigenvalue weighted by Crippen LogP contribution is -2.85. The molecule has 0 aliphatic carbocycles. The Morgan fingerprint density at radius 3 is 1.86 bits per heavy atom. The summed E-state index contributed by atoms with van der Waals surface area (Å²) in [5.41, 5.74) is 0. The first-order chi connectivity index (χ1) is 14.1. The van der Waals surface area contributed by atoms with Crippen LogP contribution in [0.3, 0.4) is 0 Å². The summed E-state index contributed by atoms with van der Waals surface area (Å²) in [5.74, 6) is 1.38. The zero-order valence-corrected chi connectivity index (χ0v) is 21.1. The van der Waals surface area contributed by atoms with Crippen molar-refractivity contribution in [2.45, 2.75) is 103 Å². The molecule has 0 radical (unpaired) electrons. The van der Waals surface area contributed by atoms with Gasteiger partial charge in [0.25, 0.3) is 0 Å². The monoisotopic (exact) mass is 441 g/mol. The molecule has 0 amide bonds. The van der Waals surface area contributed by atoms with Gasteiger partial charge in [0.2, 0.25) is 0 Å². The van der Waals surface area contributed by atoms with Crippen molar-refractivity contribution in [1.29, 1.82) is 0 Å². The predicted octanol–water partition coefficient (Wildman–Crippen LogP) is 5.77. The zero-order valence-electron chi connectivity index (χ0n) is 19.5. The van der Waals surface area contributed by atoms with Crippen molar-refractivity contribution < 1.29 is 5.32 Å². The molecule has 170 valence electrons. The summed E-state index contributed by atoms with van der Waals surface area (Å²) in [6.07, 6.45) is 25.5. The van der Waals surface area contributed by atoms with E-state index < -0.39 is 0 Å². The van der Waals surface area contributed by atoms with E-state index in [4.69, 9.17) is 0 Å². The smallest absolute Gasteiger partial charge is 0.195 e. The number of quaternary nitrogens is 1. The second-order valence-corrected chi connectivity index (χ2v) is 9.25. The van der Waals surface area contributed by atoms with Gasteiger partial charge in [0.1, 0.15) is 6.54 Å². The van der Waals surface area contributed by atoms with Gasteiger partial charge in [0, 0.05) is 20.5 Å². The Labute approximate surface area is 192 Å². The highest BCUT2D eigenvalue weighted by Gasteiger charge is 2.08. The molecule has 1 aliphatic rings. The number of thiocarbonyl (C=S) groups is 1. The summed E-state index contributed by atoms with van der Waals surface area (Å²) >= 11 is 9.12. The van der Waals surface area contributed by atoms with Gasteiger partial charge in [-0.05, 0) is 32.1 Å². The molecule has 5 heteroatoms. The van der Waals surface area contributed by atoms with Gasteiger partial charge in [0.05, 0.1) is 6.54 Å². The quantitative estimate of drug-likeness (QED) is 0.143. The van der Waals surface area contributed by atoms with Crippen molar-refractivity contribution in [2.75, 3.05) is 27.2 Å². The summed E-state index contributed by atoms with van der Waals surface area (Å²) in [4.78, 5) is 6.21. The lowest BCUT2D eigenvalue weighted by Gasteiger charge is -2.15. The van der Waals surface area contributed by atoms with E-state index in [1.807, 2.05) is 14.1 Å². The minimum Gasteiger partial charge on any atom is -0.411 e. The molecule has 0 unspecified atom stereocenters. The number of amidine groups is 1. The Balaban J connectivity index is 0.00000113. The summed E-state index contributed by atoms with van der Waals surface area (Å²) in [6.45, 7) is 4.51. The Kier molecular flexibility index (Phi) is 21.8. The van der Waals surface area contributed by atoms with Crippen LogP contribution in [0.15, 0.2) is 17.1 Å². The first-order valence-electron chi connectivity index (χ1n) is 12.0. The molecule has 0 aromatic heterocycles. The zero-order chi connectivity index (χ0) is 21.6. The molecule has 0 saturated heterocycles. The topological polar surface area (TPSA) is 32.2 Å². The molecular weight excluding hydrogens is 394 g/mol. The molecule has 1 aliphatic heterocycles. The van der Waals surface area contributed by atoms with E-state index >= 15 is 0 Å². The van der Waals surface area contributed by atoms with Crippen LogP contribution in [0.5, 0.6) is 0 Å². The van der Waals surface area contributed by atoms with E-state index in [2.05, 4.69) is 54.2 Å². The van der Waals surface area contributed by atoms with Crippen LogP contribution in [-0.4, -0.2) is 42.2 Å². The molecule has 0 aromatic carbocycles. The molecule has 0 atom stereocenters. The number of nitrogens with zero attached hydrogens (tertiary/aromatic N) is 2. The Morgan fingerprint density at radius 1 is 0.931 bits per heavy atom. The molecule has 0 aromatic rings. The van der Waals surface area contributed by atoms with Crippen LogP contribution in [0.4, 0.5) is 0 Å². The van der Waals surface area contributed by atoms with Crippen molar-refractivity contribution in [3.05, 3.63) is 12.2 Å². The van der Waals surface area contributed by atoms with E-state index in [1.165, 1.54) is 109 Å². The standard InChI is InChI=1S/C21H40N2.C3H7NS2/c1-2-3-4-5-6-7-8-9-10-11-12-13-14-15-16-17-18-21-22-19-20-23-21;1-4(2)3(5)6/h9-10H,2-8,11-20H2,1H3,(H,22,23);1-2H3,(H,5,6)/b10-9-;. The minimum absolute atomic E-state index is 0.509. The van der Waals surface area contributed by atoms with E-state index in [1.54, 1.807) is 4.90 Å². The number of unbranched alkanes of at least 4 members (excludes halogenated alkanes) is 12. The Bertz CT molecular complexity index is 434. The molecule has 1 heterocycles. The van der Waals surface area contributed by atoms with Crippen LogP contribution in [0.25, 0.3) is 0 Å². The highest BCUT2D eigenvalue weighted by molar-refractivity contribution is 8.00. The van der Waals surface area contributed by atoms with Gasteiger partial charge in [0.15, 0.2) is 5.84 Å². The first-order valence-corrected chi connectivity index (χ1v) is 12.8. The first kappa shape index (κ1) is 28.5. The predicted molar refractivity (Wildman–Crippen MR) is 137 cm³/mol. The second kappa shape index (κ2) is 22.2. The highest BCUT2D eigenvalue weighted by Crippen LogP contribution is 2.10. The van der Waals surface area contributed by atoms with Gasteiger partial charge in [-0.3, -0.25) is 5.32 Å². The molecule has 0 spiro atoms. The van der Waals surface area contributed by atoms with Crippen molar-refractivity contribution in [3.8, 4) is 0 Å². The van der Waals surface area contributed by atoms with Crippen molar-refractivity contribution in [3.63, 3.8) is 0 Å². The fourth-order valence-corrected chi connectivity index (χ4v) is 3.24. The highest BCUT2D eigenvalue weighted by atomic mass is 32.1. The number of hydrogen-bond acceptors (Lipinski definition) is 3. The lowest BCUT2D eigenvalue weighted by atomic mass is 10.1. The van der Waals surface area contributed by atoms with Gasteiger partial charge < -0.3 is 29.7 Å². The number of hydrogen-bond donors (Lipinski definition) is 1. The second-order valence-electron chi connectivity index (χ2n) is 8.21. The molecule has 0 saturated carbocycles. The van der Waals surface area contributed by atoms with Gasteiger partial charge in [-0.1, -0.05) is 81.2 Å². The van der Waals surface area contributed by atoms with E-state index in [-0.39, 0.29) is 0 Å². The van der Waals surface area contributed by atoms with Crippen molar-refractivity contribution >= 4 is 35.0 Å². The summed E-state index contributed by atoms with van der Waals surface area (Å²) < 4.78 is 0.509. The normalized spacial score (nSPS) is 13.3. The van der Waals surface area contributed by atoms with Crippen LogP contribution in [0, 0.1) is 0 Å². The number of aliphatic imine (C=N–C) groups is 1. The minimum atomic E-state index is 0.509. The maximum absolute atomic E-state index is 4.56. The van der Waals surface area contributed by atoms with E-state index in [0.29, 0.717) is 4.32 Å². The molecule has 3 nitrogen and oxygen atoms in total. The fraction of sp³-hybridized carbons (Fsp3) is 0.833. The summed E-state index contributed by atoms with van der Waals surface area (Å²) in [6, 6.07) is 0. The third kappa shape index (κ3) is 22.0. The maximum Gasteiger partial charge on any atom is 0.195 e. The largest absolute Gasteiger partial charge is 0.411 e. The van der Waals surface area contributed by atoms with Gasteiger partial charge >= 0.3 is 0 Å². The van der Waals surface area contributed by atoms with Crippen molar-refractivity contribution in [1.82, 2.24) is 4.90 Å². The summed E-state index contributed by atoms with van der Waals surface area (Å²) in [5, 5.41) is 2.32. The third-order valence-electron chi connectivity index (χ3n) is 5.13. The Hall–Kier alpha value is -0.520. The van der Waals surface area contributed by atoms with E-state index in [0.717, 1.165) is 6.54 Å². The van der Waals surface area contributed by atoms with Crippen LogP contribution >= 0.6 is 12.2 Å². The average Bonchev–Trinajstić information content (AvgIpc) is 3.21. The molecular formula is C24H47N3S2. The fourth-order valence-electron chi connectivity index (χ4n) is 3.24. The van der Waals surface area contributed by atoms with Gasteiger partial charge in [-0.2, -0.15) is 0 Å². The van der Waals surface area contributed by atoms with E-state index in [9.17, 15) is 0 Å². The lowest BCUT2D eigenvalue weighted by molar-refractivity contribution is -0.530. The number of allylic oxidation sites excluding steroid dienone is 2. The molecule has 0 bridgehead atoms. The SMILES string of the molecule is CCCCCCCC/C=C\CCCCCCCCC1=NCC[NH2+]1.CN(C)C(=S)[S-]. The maximum atomic E-state index is 4.56. The molecule has 29 heavy (non-hydrogen) atoms. The summed E-state index contributed by atoms with van der Waals surface area (Å²) in [7, 11) is 3.66. The third-order valence-corrected chi connectivity index (χ3v) is 5.86. The van der Waals surface area contributed by atoms with Crippen LogP contribution in [-0.2, 0) is 12.6 Å². The molecule has 2 N–H and O–H groups in total. The van der Waals surface area contributed by atoms with Crippen LogP contribution < -0.4 is 5.32 Å². The molecule has 0 fully saturated rings. The number of nitrogens with two attached hydrogens (primary N) is 1. The van der Waals surface area contributed by atoms with Gasteiger partial charge in [-0.25, -0.2) is 4.99 Å². The van der Waals surface area contributed by atoms with Crippen LogP contribution in [0.2, 0.25) is 0 Å². The van der Waals surface area contributed by atoms with Crippen molar-refractivity contribution in [2.24, 2.45) is 4.99 Å². The Morgan fingerprint density at radius 2 is 1.41 bits per heavy atom. The van der Waals surface area contributed by atoms with Gasteiger partial charge in [-0.15, -0.1) is 0 Å².